The zero-order valence-electron chi connectivity index (χ0n) is 13.5. The third-order valence-corrected chi connectivity index (χ3v) is 5.03. The maximum absolute atomic E-state index is 12.8. The molecule has 0 bridgehead atoms. The Hall–Kier alpha value is -2.27. The van der Waals surface area contributed by atoms with Crippen molar-refractivity contribution in [2.75, 3.05) is 6.54 Å². The molecular formula is C18H19ClN4O. The molecule has 4 rings (SSSR count). The summed E-state index contributed by atoms with van der Waals surface area (Å²) in [4.78, 5) is 18.2. The lowest BCUT2D eigenvalue weighted by Gasteiger charge is -2.29. The molecule has 5 nitrogen and oxygen atoms in total. The molecule has 24 heavy (non-hydrogen) atoms. The molecule has 3 aromatic rings. The number of amides is 1. The second-order valence-electron chi connectivity index (χ2n) is 6.38. The van der Waals surface area contributed by atoms with Crippen LogP contribution in [0.3, 0.4) is 0 Å². The number of halogens is 1. The fourth-order valence-corrected chi connectivity index (χ4v) is 3.69. The van der Waals surface area contributed by atoms with Crippen LogP contribution in [0.5, 0.6) is 0 Å². The van der Waals surface area contributed by atoms with Gasteiger partial charge >= 0.3 is 0 Å². The Morgan fingerprint density at radius 2 is 2.29 bits per heavy atom. The molecule has 1 N–H and O–H groups in total. The first-order chi connectivity index (χ1) is 11.6. The molecule has 1 aliphatic rings. The van der Waals surface area contributed by atoms with Gasteiger partial charge in [0.25, 0.3) is 0 Å². The molecule has 1 amide bonds. The van der Waals surface area contributed by atoms with Crippen molar-refractivity contribution in [2.24, 2.45) is 5.92 Å². The number of hydrogen-bond donors (Lipinski definition) is 1. The average Bonchev–Trinajstić information content (AvgIpc) is 3.22. The molecular weight excluding hydrogens is 324 g/mol. The van der Waals surface area contributed by atoms with Crippen LogP contribution < -0.4 is 0 Å². The van der Waals surface area contributed by atoms with Gasteiger partial charge in [-0.05, 0) is 12.1 Å². The molecule has 0 spiro atoms. The maximum atomic E-state index is 12.8. The molecule has 0 radical (unpaired) electrons. The first-order valence-corrected chi connectivity index (χ1v) is 8.55. The van der Waals surface area contributed by atoms with Crippen molar-refractivity contribution in [3.63, 3.8) is 0 Å². The van der Waals surface area contributed by atoms with E-state index in [0.717, 1.165) is 28.9 Å². The van der Waals surface area contributed by atoms with Crippen LogP contribution in [0.15, 0.2) is 36.7 Å². The predicted molar refractivity (Wildman–Crippen MR) is 93.8 cm³/mol. The minimum atomic E-state index is -0.0970. The van der Waals surface area contributed by atoms with Crippen LogP contribution in [0.4, 0.5) is 0 Å². The molecule has 124 valence electrons. The van der Waals surface area contributed by atoms with E-state index in [0.29, 0.717) is 13.1 Å². The van der Waals surface area contributed by atoms with Gasteiger partial charge in [-0.2, -0.15) is 5.10 Å². The molecule has 0 saturated carbocycles. The normalized spacial score (nSPS) is 15.5. The standard InChI is InChI=1S/C18H19ClN4O/c1-12(10-23-8-3-7-20-23)18(24)22-9-6-16-14(11-22)13-4-2-5-15(19)17(13)21-16/h2-5,7-8,12,21H,6,9-11H2,1H3/t12-/m1/s1. The van der Waals surface area contributed by atoms with Crippen LogP contribution in [0.25, 0.3) is 10.9 Å². The Kier molecular flexibility index (Phi) is 3.81. The summed E-state index contributed by atoms with van der Waals surface area (Å²) < 4.78 is 1.81. The number of nitrogens with one attached hydrogen (secondary N) is 1. The molecule has 1 atom stereocenters. The zero-order valence-corrected chi connectivity index (χ0v) is 14.3. The highest BCUT2D eigenvalue weighted by molar-refractivity contribution is 6.35. The highest BCUT2D eigenvalue weighted by atomic mass is 35.5. The van der Waals surface area contributed by atoms with Gasteiger partial charge in [-0.3, -0.25) is 9.48 Å². The third kappa shape index (κ3) is 2.59. The highest BCUT2D eigenvalue weighted by Crippen LogP contribution is 2.32. The SMILES string of the molecule is C[C@H](Cn1cccn1)C(=O)N1CCc2[nH]c3c(Cl)cccc3c2C1. The van der Waals surface area contributed by atoms with E-state index in [1.165, 1.54) is 11.3 Å². The summed E-state index contributed by atoms with van der Waals surface area (Å²) in [6, 6.07) is 7.79. The second-order valence-corrected chi connectivity index (χ2v) is 6.79. The Morgan fingerprint density at radius 1 is 1.42 bits per heavy atom. The Morgan fingerprint density at radius 3 is 3.08 bits per heavy atom. The van der Waals surface area contributed by atoms with E-state index < -0.39 is 0 Å². The number of carbonyl (C=O) groups is 1. The largest absolute Gasteiger partial charge is 0.357 e. The lowest BCUT2D eigenvalue weighted by Crippen LogP contribution is -2.40. The van der Waals surface area contributed by atoms with Crippen LogP contribution in [-0.4, -0.2) is 32.1 Å². The number of aromatic nitrogens is 3. The van der Waals surface area contributed by atoms with Crippen LogP contribution in [-0.2, 0) is 24.3 Å². The zero-order chi connectivity index (χ0) is 16.7. The van der Waals surface area contributed by atoms with Crippen molar-refractivity contribution >= 4 is 28.4 Å². The number of fused-ring (bicyclic) bond motifs is 3. The van der Waals surface area contributed by atoms with Gasteiger partial charge < -0.3 is 9.88 Å². The minimum absolute atomic E-state index is 0.0970. The molecule has 2 aromatic heterocycles. The summed E-state index contributed by atoms with van der Waals surface area (Å²) in [6.45, 7) is 3.94. The fraction of sp³-hybridized carbons (Fsp3) is 0.333. The number of hydrogen-bond acceptors (Lipinski definition) is 2. The van der Waals surface area contributed by atoms with E-state index in [4.69, 9.17) is 11.6 Å². The first-order valence-electron chi connectivity index (χ1n) is 8.17. The summed E-state index contributed by atoms with van der Waals surface area (Å²) in [5, 5.41) is 6.04. The lowest BCUT2D eigenvalue weighted by molar-refractivity contribution is -0.136. The van der Waals surface area contributed by atoms with E-state index >= 15 is 0 Å². The molecule has 0 aliphatic carbocycles. The Balaban J connectivity index is 1.56. The smallest absolute Gasteiger partial charge is 0.227 e. The van der Waals surface area contributed by atoms with E-state index in [9.17, 15) is 4.79 Å². The molecule has 0 saturated heterocycles. The van der Waals surface area contributed by atoms with Gasteiger partial charge in [0.2, 0.25) is 5.91 Å². The van der Waals surface area contributed by atoms with Crippen molar-refractivity contribution < 1.29 is 4.79 Å². The summed E-state index contributed by atoms with van der Waals surface area (Å²) in [5.74, 6) is 0.0766. The number of nitrogens with zero attached hydrogens (tertiary/aromatic N) is 3. The van der Waals surface area contributed by atoms with E-state index in [2.05, 4.69) is 16.1 Å². The summed E-state index contributed by atoms with van der Waals surface area (Å²) >= 11 is 6.28. The van der Waals surface area contributed by atoms with E-state index in [1.807, 2.05) is 40.9 Å². The Bertz CT molecular complexity index is 884. The third-order valence-electron chi connectivity index (χ3n) is 4.71. The van der Waals surface area contributed by atoms with Crippen LogP contribution in [0, 0.1) is 5.92 Å². The molecule has 0 unspecified atom stereocenters. The van der Waals surface area contributed by atoms with Crippen LogP contribution in [0.2, 0.25) is 5.02 Å². The molecule has 3 heterocycles. The number of H-pyrrole nitrogens is 1. The van der Waals surface area contributed by atoms with Crippen molar-refractivity contribution in [2.45, 2.75) is 26.4 Å². The van der Waals surface area contributed by atoms with Gasteiger partial charge in [0.15, 0.2) is 0 Å². The summed E-state index contributed by atoms with van der Waals surface area (Å²) in [6.07, 6.45) is 4.46. The van der Waals surface area contributed by atoms with Crippen molar-refractivity contribution in [3.8, 4) is 0 Å². The lowest BCUT2D eigenvalue weighted by atomic mass is 10.0. The van der Waals surface area contributed by atoms with Crippen molar-refractivity contribution in [1.82, 2.24) is 19.7 Å². The van der Waals surface area contributed by atoms with E-state index in [-0.39, 0.29) is 11.8 Å². The Labute approximate surface area is 145 Å². The van der Waals surface area contributed by atoms with Gasteiger partial charge in [0, 0.05) is 48.5 Å². The molecule has 1 aromatic carbocycles. The number of benzene rings is 1. The van der Waals surface area contributed by atoms with E-state index in [1.54, 1.807) is 6.20 Å². The van der Waals surface area contributed by atoms with Gasteiger partial charge in [0.05, 0.1) is 23.0 Å². The number of carbonyl (C=O) groups excluding carboxylic acids is 1. The van der Waals surface area contributed by atoms with Gasteiger partial charge in [0.1, 0.15) is 0 Å². The van der Waals surface area contributed by atoms with Gasteiger partial charge in [-0.1, -0.05) is 30.7 Å². The quantitative estimate of drug-likeness (QED) is 0.794. The fourth-order valence-electron chi connectivity index (χ4n) is 3.47. The van der Waals surface area contributed by atoms with Gasteiger partial charge in [-0.15, -0.1) is 0 Å². The number of aromatic amines is 1. The molecule has 0 fully saturated rings. The monoisotopic (exact) mass is 342 g/mol. The van der Waals surface area contributed by atoms with Crippen molar-refractivity contribution in [3.05, 3.63) is 52.9 Å². The predicted octanol–water partition coefficient (Wildman–Crippen LogP) is 3.24. The first kappa shape index (κ1) is 15.3. The second kappa shape index (κ2) is 5.98. The minimum Gasteiger partial charge on any atom is -0.357 e. The summed E-state index contributed by atoms with van der Waals surface area (Å²) in [7, 11) is 0. The number of para-hydroxylation sites is 1. The van der Waals surface area contributed by atoms with Gasteiger partial charge in [-0.25, -0.2) is 0 Å². The molecule has 6 heteroatoms. The van der Waals surface area contributed by atoms with Crippen LogP contribution >= 0.6 is 11.6 Å². The maximum Gasteiger partial charge on any atom is 0.227 e. The number of rotatable bonds is 3. The van der Waals surface area contributed by atoms with Crippen LogP contribution in [0.1, 0.15) is 18.2 Å². The average molecular weight is 343 g/mol. The highest BCUT2D eigenvalue weighted by Gasteiger charge is 2.27. The topological polar surface area (TPSA) is 53.9 Å². The summed E-state index contributed by atoms with van der Waals surface area (Å²) in [5.41, 5.74) is 3.36. The molecule has 1 aliphatic heterocycles. The van der Waals surface area contributed by atoms with Crippen molar-refractivity contribution in [1.29, 1.82) is 0 Å².